The molecule has 1 aromatic heterocycles. The Kier molecular flexibility index (Phi) is 3.20. The summed E-state index contributed by atoms with van der Waals surface area (Å²) < 4.78 is 0. The number of aromatic nitrogens is 2. The van der Waals surface area contributed by atoms with Crippen molar-refractivity contribution in [2.75, 3.05) is 11.9 Å². The summed E-state index contributed by atoms with van der Waals surface area (Å²) in [6, 6.07) is 7.71. The molecule has 6 heteroatoms. The van der Waals surface area contributed by atoms with E-state index in [0.29, 0.717) is 25.3 Å². The third kappa shape index (κ3) is 2.20. The van der Waals surface area contributed by atoms with E-state index in [1.54, 1.807) is 0 Å². The van der Waals surface area contributed by atoms with Gasteiger partial charge >= 0.3 is 0 Å². The van der Waals surface area contributed by atoms with Crippen LogP contribution in [-0.4, -0.2) is 27.7 Å². The summed E-state index contributed by atoms with van der Waals surface area (Å²) in [6.45, 7) is 1.41. The van der Waals surface area contributed by atoms with Crippen LogP contribution in [0, 0.1) is 0 Å². The average molecular weight is 298 g/mol. The highest BCUT2D eigenvalue weighted by molar-refractivity contribution is 5.43. The topological polar surface area (TPSA) is 90.0 Å². The second kappa shape index (κ2) is 5.23. The van der Waals surface area contributed by atoms with E-state index < -0.39 is 6.10 Å². The molecule has 1 aliphatic heterocycles. The molecule has 2 heterocycles. The van der Waals surface area contributed by atoms with Crippen LogP contribution in [-0.2, 0) is 19.4 Å². The van der Waals surface area contributed by atoms with E-state index in [0.717, 1.165) is 28.9 Å². The number of benzene rings is 1. The van der Waals surface area contributed by atoms with Crippen LogP contribution < -0.4 is 16.2 Å². The Labute approximate surface area is 127 Å². The van der Waals surface area contributed by atoms with Gasteiger partial charge in [-0.05, 0) is 24.1 Å². The van der Waals surface area contributed by atoms with E-state index in [4.69, 9.17) is 0 Å². The maximum atomic E-state index is 12.2. The van der Waals surface area contributed by atoms with E-state index >= 15 is 0 Å². The fourth-order valence-corrected chi connectivity index (χ4v) is 3.33. The minimum absolute atomic E-state index is 0.0882. The molecule has 0 amide bonds. The van der Waals surface area contributed by atoms with Crippen molar-refractivity contribution in [1.29, 1.82) is 0 Å². The molecule has 22 heavy (non-hydrogen) atoms. The Morgan fingerprint density at radius 2 is 2.18 bits per heavy atom. The van der Waals surface area contributed by atoms with Crippen LogP contribution in [0.4, 0.5) is 5.95 Å². The van der Waals surface area contributed by atoms with E-state index in [-0.39, 0.29) is 11.6 Å². The van der Waals surface area contributed by atoms with Crippen molar-refractivity contribution in [2.24, 2.45) is 0 Å². The number of nitrogens with zero attached hydrogens (tertiary/aromatic N) is 1. The molecular weight excluding hydrogens is 280 g/mol. The highest BCUT2D eigenvalue weighted by atomic mass is 16.3. The number of hydrogen-bond donors (Lipinski definition) is 4. The van der Waals surface area contributed by atoms with Crippen LogP contribution in [0.1, 0.15) is 28.4 Å². The molecule has 1 aliphatic carbocycles. The zero-order valence-corrected chi connectivity index (χ0v) is 12.1. The Hall–Kier alpha value is -2.18. The molecule has 114 valence electrons. The van der Waals surface area contributed by atoms with Crippen molar-refractivity contribution < 1.29 is 5.11 Å². The zero-order valence-electron chi connectivity index (χ0n) is 12.1. The van der Waals surface area contributed by atoms with Gasteiger partial charge in [0.25, 0.3) is 5.56 Å². The molecule has 2 atom stereocenters. The van der Waals surface area contributed by atoms with Gasteiger partial charge in [-0.1, -0.05) is 24.3 Å². The SMILES string of the molecule is O=c1[nH]c(N[C@@H]2c3ccccc3C[C@@H]2O)nc2c1CCNC2. The van der Waals surface area contributed by atoms with Gasteiger partial charge < -0.3 is 15.7 Å². The standard InChI is InChI=1S/C16H18N4O2/c21-13-7-9-3-1-2-4-10(9)14(13)19-16-18-12-8-17-6-5-11(12)15(22)20-16/h1-4,13-14,17,21H,5-8H2,(H2,18,19,20,22)/t13-,14+/m0/s1. The van der Waals surface area contributed by atoms with Gasteiger partial charge in [0.1, 0.15) is 0 Å². The van der Waals surface area contributed by atoms with Gasteiger partial charge in [-0.15, -0.1) is 0 Å². The van der Waals surface area contributed by atoms with E-state index in [1.165, 1.54) is 0 Å². The monoisotopic (exact) mass is 298 g/mol. The molecule has 1 aromatic carbocycles. The number of rotatable bonds is 2. The maximum Gasteiger partial charge on any atom is 0.255 e. The molecule has 0 saturated heterocycles. The molecule has 0 unspecified atom stereocenters. The average Bonchev–Trinajstić information content (AvgIpc) is 2.84. The predicted octanol–water partition coefficient (Wildman–Crippen LogP) is 0.486. The van der Waals surface area contributed by atoms with Crippen LogP contribution in [0.2, 0.25) is 0 Å². The van der Waals surface area contributed by atoms with E-state index in [2.05, 4.69) is 20.6 Å². The number of hydrogen-bond acceptors (Lipinski definition) is 5. The van der Waals surface area contributed by atoms with Gasteiger partial charge in [0, 0.05) is 18.5 Å². The van der Waals surface area contributed by atoms with Crippen LogP contribution in [0.25, 0.3) is 0 Å². The lowest BCUT2D eigenvalue weighted by Gasteiger charge is -2.20. The van der Waals surface area contributed by atoms with Gasteiger partial charge in [0.2, 0.25) is 5.95 Å². The quantitative estimate of drug-likeness (QED) is 0.648. The zero-order chi connectivity index (χ0) is 15.1. The molecule has 4 N–H and O–H groups in total. The first-order chi connectivity index (χ1) is 10.7. The summed E-state index contributed by atoms with van der Waals surface area (Å²) in [5.41, 5.74) is 3.66. The molecule has 2 aromatic rings. The normalized spacial score (nSPS) is 23.0. The number of nitrogens with one attached hydrogen (secondary N) is 3. The van der Waals surface area contributed by atoms with Gasteiger partial charge in [-0.3, -0.25) is 9.78 Å². The van der Waals surface area contributed by atoms with Crippen LogP contribution >= 0.6 is 0 Å². The Bertz CT molecular complexity index is 771. The molecule has 6 nitrogen and oxygen atoms in total. The second-order valence-corrected chi connectivity index (χ2v) is 5.86. The number of fused-ring (bicyclic) bond motifs is 2. The number of aromatic amines is 1. The van der Waals surface area contributed by atoms with E-state index in [9.17, 15) is 9.90 Å². The minimum Gasteiger partial charge on any atom is -0.390 e. The molecule has 0 bridgehead atoms. The number of H-pyrrole nitrogens is 1. The van der Waals surface area contributed by atoms with E-state index in [1.807, 2.05) is 24.3 Å². The molecular formula is C16H18N4O2. The summed E-state index contributed by atoms with van der Waals surface area (Å²) in [4.78, 5) is 19.5. The Balaban J connectivity index is 1.67. The van der Waals surface area contributed by atoms with Crippen molar-refractivity contribution in [3.63, 3.8) is 0 Å². The van der Waals surface area contributed by atoms with Crippen molar-refractivity contribution in [3.8, 4) is 0 Å². The van der Waals surface area contributed by atoms with Crippen LogP contribution in [0.5, 0.6) is 0 Å². The lowest BCUT2D eigenvalue weighted by molar-refractivity contribution is 0.165. The second-order valence-electron chi connectivity index (χ2n) is 5.86. The Morgan fingerprint density at radius 3 is 3.09 bits per heavy atom. The fourth-order valence-electron chi connectivity index (χ4n) is 3.33. The van der Waals surface area contributed by atoms with Crippen molar-refractivity contribution in [3.05, 3.63) is 57.0 Å². The molecule has 4 rings (SSSR count). The fraction of sp³-hybridized carbons (Fsp3) is 0.375. The largest absolute Gasteiger partial charge is 0.390 e. The molecule has 0 radical (unpaired) electrons. The molecule has 0 saturated carbocycles. The van der Waals surface area contributed by atoms with Gasteiger partial charge in [-0.2, -0.15) is 0 Å². The molecule has 2 aliphatic rings. The molecule has 0 fully saturated rings. The number of aliphatic hydroxyl groups is 1. The van der Waals surface area contributed by atoms with Crippen LogP contribution in [0.15, 0.2) is 29.1 Å². The highest BCUT2D eigenvalue weighted by Crippen LogP contribution is 2.33. The first kappa shape index (κ1) is 13.5. The third-order valence-corrected chi connectivity index (χ3v) is 4.44. The third-order valence-electron chi connectivity index (χ3n) is 4.44. The predicted molar refractivity (Wildman–Crippen MR) is 82.8 cm³/mol. The number of anilines is 1. The summed E-state index contributed by atoms with van der Waals surface area (Å²) in [7, 11) is 0. The van der Waals surface area contributed by atoms with Gasteiger partial charge in [0.05, 0.1) is 17.8 Å². The smallest absolute Gasteiger partial charge is 0.255 e. The molecule has 0 spiro atoms. The first-order valence-corrected chi connectivity index (χ1v) is 7.57. The van der Waals surface area contributed by atoms with Gasteiger partial charge in [-0.25, -0.2) is 4.98 Å². The minimum atomic E-state index is -0.517. The lowest BCUT2D eigenvalue weighted by atomic mass is 10.1. The van der Waals surface area contributed by atoms with Gasteiger partial charge in [0.15, 0.2) is 0 Å². The summed E-state index contributed by atoms with van der Waals surface area (Å²) in [5.74, 6) is 0.424. The highest BCUT2D eigenvalue weighted by Gasteiger charge is 2.31. The summed E-state index contributed by atoms with van der Waals surface area (Å²) >= 11 is 0. The van der Waals surface area contributed by atoms with Crippen LogP contribution in [0.3, 0.4) is 0 Å². The first-order valence-electron chi connectivity index (χ1n) is 7.57. The van der Waals surface area contributed by atoms with Crippen molar-refractivity contribution in [1.82, 2.24) is 15.3 Å². The summed E-state index contributed by atoms with van der Waals surface area (Å²) in [6.07, 6.45) is 0.800. The summed E-state index contributed by atoms with van der Waals surface area (Å²) in [5, 5.41) is 16.7. The lowest BCUT2D eigenvalue weighted by Crippen LogP contribution is -2.32. The maximum absolute atomic E-state index is 12.2. The van der Waals surface area contributed by atoms with Crippen molar-refractivity contribution >= 4 is 5.95 Å². The Morgan fingerprint density at radius 1 is 1.32 bits per heavy atom. The van der Waals surface area contributed by atoms with Crippen molar-refractivity contribution in [2.45, 2.75) is 31.5 Å². The number of aliphatic hydroxyl groups excluding tert-OH is 1.